The van der Waals surface area contributed by atoms with E-state index < -0.39 is 11.9 Å². The zero-order chi connectivity index (χ0) is 19.2. The molecular weight excluding hydrogens is 346 g/mol. The molecule has 0 aromatic heterocycles. The van der Waals surface area contributed by atoms with Crippen LogP contribution in [0.15, 0.2) is 54.6 Å². The van der Waals surface area contributed by atoms with Crippen molar-refractivity contribution in [3.63, 3.8) is 0 Å². The van der Waals surface area contributed by atoms with Crippen molar-refractivity contribution in [3.8, 4) is 5.75 Å². The standard InChI is InChI=1S/C21H21NO5/c1-26-18-9-5-8-16(10-18)19(23)14-27-21(25)17-11-20(24)22(13-17)12-15-6-3-2-4-7-15/h2-10,17H,11-14H2,1H3. The van der Waals surface area contributed by atoms with E-state index in [1.54, 1.807) is 29.2 Å². The van der Waals surface area contributed by atoms with Crippen LogP contribution in [0.2, 0.25) is 0 Å². The summed E-state index contributed by atoms with van der Waals surface area (Å²) in [5.74, 6) is -0.896. The molecular formula is C21H21NO5. The number of likely N-dealkylation sites (tertiary alicyclic amines) is 1. The summed E-state index contributed by atoms with van der Waals surface area (Å²) in [7, 11) is 1.52. The average molecular weight is 367 g/mol. The molecule has 0 radical (unpaired) electrons. The van der Waals surface area contributed by atoms with Gasteiger partial charge in [0.15, 0.2) is 12.4 Å². The minimum atomic E-state index is -0.542. The monoisotopic (exact) mass is 367 g/mol. The molecule has 1 saturated heterocycles. The van der Waals surface area contributed by atoms with Gasteiger partial charge < -0.3 is 14.4 Å². The second-order valence-electron chi connectivity index (χ2n) is 6.42. The van der Waals surface area contributed by atoms with Crippen LogP contribution in [-0.4, -0.2) is 42.8 Å². The highest BCUT2D eigenvalue weighted by molar-refractivity contribution is 5.98. The molecule has 27 heavy (non-hydrogen) atoms. The molecule has 2 aromatic carbocycles. The molecule has 0 aliphatic carbocycles. The van der Waals surface area contributed by atoms with Crippen LogP contribution in [0.3, 0.4) is 0 Å². The summed E-state index contributed by atoms with van der Waals surface area (Å²) in [6, 6.07) is 16.3. The zero-order valence-corrected chi connectivity index (χ0v) is 15.1. The molecule has 1 aliphatic rings. The van der Waals surface area contributed by atoms with Gasteiger partial charge in [0.2, 0.25) is 5.91 Å². The number of methoxy groups -OCH3 is 1. The predicted molar refractivity (Wildman–Crippen MR) is 98.2 cm³/mol. The van der Waals surface area contributed by atoms with Gasteiger partial charge in [0.25, 0.3) is 0 Å². The summed E-state index contributed by atoms with van der Waals surface area (Å²) in [6.07, 6.45) is 0.110. The Balaban J connectivity index is 1.52. The number of amides is 1. The molecule has 140 valence electrons. The second-order valence-corrected chi connectivity index (χ2v) is 6.42. The van der Waals surface area contributed by atoms with Crippen molar-refractivity contribution in [2.24, 2.45) is 5.92 Å². The number of hydrogen-bond acceptors (Lipinski definition) is 5. The van der Waals surface area contributed by atoms with Gasteiger partial charge >= 0.3 is 5.97 Å². The zero-order valence-electron chi connectivity index (χ0n) is 15.1. The topological polar surface area (TPSA) is 72.9 Å². The first-order valence-electron chi connectivity index (χ1n) is 8.72. The molecule has 0 bridgehead atoms. The molecule has 0 saturated carbocycles. The molecule has 1 heterocycles. The van der Waals surface area contributed by atoms with Crippen LogP contribution in [0.4, 0.5) is 0 Å². The number of ketones is 1. The fourth-order valence-electron chi connectivity index (χ4n) is 3.02. The smallest absolute Gasteiger partial charge is 0.311 e. The van der Waals surface area contributed by atoms with E-state index in [0.717, 1.165) is 5.56 Å². The van der Waals surface area contributed by atoms with Crippen LogP contribution in [0, 0.1) is 5.92 Å². The van der Waals surface area contributed by atoms with Gasteiger partial charge in [-0.3, -0.25) is 14.4 Å². The number of esters is 1. The van der Waals surface area contributed by atoms with Gasteiger partial charge in [-0.25, -0.2) is 0 Å². The Morgan fingerprint density at radius 2 is 1.89 bits per heavy atom. The highest BCUT2D eigenvalue weighted by Gasteiger charge is 2.35. The number of carbonyl (C=O) groups excluding carboxylic acids is 3. The number of carbonyl (C=O) groups is 3. The molecule has 1 fully saturated rings. The van der Waals surface area contributed by atoms with E-state index >= 15 is 0 Å². The lowest BCUT2D eigenvalue weighted by atomic mass is 10.1. The number of benzene rings is 2. The number of hydrogen-bond donors (Lipinski definition) is 0. The van der Waals surface area contributed by atoms with Crippen LogP contribution in [0.5, 0.6) is 5.75 Å². The number of Topliss-reactive ketones (excluding diaryl/α,β-unsaturated/α-hetero) is 1. The van der Waals surface area contributed by atoms with Crippen molar-refractivity contribution in [2.45, 2.75) is 13.0 Å². The summed E-state index contributed by atoms with van der Waals surface area (Å²) >= 11 is 0. The molecule has 3 rings (SSSR count). The van der Waals surface area contributed by atoms with Crippen LogP contribution in [-0.2, 0) is 20.9 Å². The first-order chi connectivity index (χ1) is 13.1. The minimum Gasteiger partial charge on any atom is -0.497 e. The third-order valence-electron chi connectivity index (χ3n) is 4.50. The molecule has 2 aromatic rings. The summed E-state index contributed by atoms with van der Waals surface area (Å²) in [6.45, 7) is 0.418. The van der Waals surface area contributed by atoms with Gasteiger partial charge in [0, 0.05) is 25.1 Å². The molecule has 1 atom stereocenters. The fraction of sp³-hybridized carbons (Fsp3) is 0.286. The van der Waals surface area contributed by atoms with E-state index in [0.29, 0.717) is 24.4 Å². The predicted octanol–water partition coefficient (Wildman–Crippen LogP) is 2.47. The summed E-state index contributed by atoms with van der Waals surface area (Å²) in [4.78, 5) is 38.3. The third-order valence-corrected chi connectivity index (χ3v) is 4.50. The van der Waals surface area contributed by atoms with E-state index in [-0.39, 0.29) is 24.7 Å². The summed E-state index contributed by atoms with van der Waals surface area (Å²) < 4.78 is 10.2. The number of ether oxygens (including phenoxy) is 2. The normalized spacial score (nSPS) is 16.3. The Bertz CT molecular complexity index is 833. The lowest BCUT2D eigenvalue weighted by Crippen LogP contribution is -2.27. The van der Waals surface area contributed by atoms with E-state index in [2.05, 4.69) is 0 Å². The first kappa shape index (κ1) is 18.6. The quantitative estimate of drug-likeness (QED) is 0.555. The number of rotatable bonds is 7. The van der Waals surface area contributed by atoms with Gasteiger partial charge in [-0.05, 0) is 17.7 Å². The van der Waals surface area contributed by atoms with Crippen LogP contribution in [0.1, 0.15) is 22.3 Å². The molecule has 1 aliphatic heterocycles. The molecule has 1 unspecified atom stereocenters. The maximum absolute atomic E-state index is 12.3. The highest BCUT2D eigenvalue weighted by atomic mass is 16.5. The summed E-state index contributed by atoms with van der Waals surface area (Å²) in [5, 5.41) is 0. The van der Waals surface area contributed by atoms with Gasteiger partial charge in [-0.1, -0.05) is 42.5 Å². The first-order valence-corrected chi connectivity index (χ1v) is 8.72. The van der Waals surface area contributed by atoms with Crippen molar-refractivity contribution in [1.82, 2.24) is 4.90 Å². The molecule has 0 spiro atoms. The van der Waals surface area contributed by atoms with Crippen LogP contribution < -0.4 is 4.74 Å². The minimum absolute atomic E-state index is 0.0834. The molecule has 0 N–H and O–H groups in total. The second kappa shape index (κ2) is 8.49. The largest absolute Gasteiger partial charge is 0.497 e. The van der Waals surface area contributed by atoms with Crippen molar-refractivity contribution in [2.75, 3.05) is 20.3 Å². The van der Waals surface area contributed by atoms with Crippen molar-refractivity contribution >= 4 is 17.7 Å². The highest BCUT2D eigenvalue weighted by Crippen LogP contribution is 2.21. The van der Waals surface area contributed by atoms with E-state index in [9.17, 15) is 14.4 Å². The maximum Gasteiger partial charge on any atom is 0.311 e. The van der Waals surface area contributed by atoms with Crippen molar-refractivity contribution < 1.29 is 23.9 Å². The van der Waals surface area contributed by atoms with E-state index in [4.69, 9.17) is 9.47 Å². The molecule has 1 amide bonds. The van der Waals surface area contributed by atoms with E-state index in [1.165, 1.54) is 7.11 Å². The third kappa shape index (κ3) is 4.73. The van der Waals surface area contributed by atoms with Gasteiger partial charge in [0.05, 0.1) is 13.0 Å². The fourth-order valence-corrected chi connectivity index (χ4v) is 3.02. The summed E-state index contributed by atoms with van der Waals surface area (Å²) in [5.41, 5.74) is 1.42. The molecule has 6 heteroatoms. The SMILES string of the molecule is COc1cccc(C(=O)COC(=O)C2CC(=O)N(Cc3ccccc3)C2)c1. The average Bonchev–Trinajstić information content (AvgIpc) is 3.07. The van der Waals surface area contributed by atoms with Crippen LogP contribution >= 0.6 is 0 Å². The Morgan fingerprint density at radius 1 is 1.11 bits per heavy atom. The Kier molecular flexibility index (Phi) is 5.86. The van der Waals surface area contributed by atoms with Crippen molar-refractivity contribution in [3.05, 3.63) is 65.7 Å². The van der Waals surface area contributed by atoms with Gasteiger partial charge in [0.1, 0.15) is 5.75 Å². The van der Waals surface area contributed by atoms with E-state index in [1.807, 2.05) is 30.3 Å². The Morgan fingerprint density at radius 3 is 2.63 bits per heavy atom. The van der Waals surface area contributed by atoms with Crippen molar-refractivity contribution in [1.29, 1.82) is 0 Å². The van der Waals surface area contributed by atoms with Crippen LogP contribution in [0.25, 0.3) is 0 Å². The Hall–Kier alpha value is -3.15. The van der Waals surface area contributed by atoms with Gasteiger partial charge in [-0.2, -0.15) is 0 Å². The Labute approximate surface area is 157 Å². The van der Waals surface area contributed by atoms with Gasteiger partial charge in [-0.15, -0.1) is 0 Å². The maximum atomic E-state index is 12.3. The lowest BCUT2D eigenvalue weighted by Gasteiger charge is -2.16. The molecule has 6 nitrogen and oxygen atoms in total. The lowest BCUT2D eigenvalue weighted by molar-refractivity contribution is -0.147. The number of nitrogens with zero attached hydrogens (tertiary/aromatic N) is 1.